The summed E-state index contributed by atoms with van der Waals surface area (Å²) in [5.41, 5.74) is 1.12. The number of nitrogens with zero attached hydrogens (tertiary/aromatic N) is 4. The van der Waals surface area contributed by atoms with Gasteiger partial charge in [-0.25, -0.2) is 13.4 Å². The van der Waals surface area contributed by atoms with E-state index < -0.39 is 9.84 Å². The van der Waals surface area contributed by atoms with E-state index in [4.69, 9.17) is 4.74 Å². The van der Waals surface area contributed by atoms with Crippen molar-refractivity contribution in [2.45, 2.75) is 11.8 Å². The molecule has 1 aliphatic rings. The van der Waals surface area contributed by atoms with Gasteiger partial charge in [-0.15, -0.1) is 0 Å². The number of sulfone groups is 1. The van der Waals surface area contributed by atoms with Crippen LogP contribution in [0.3, 0.4) is 0 Å². The van der Waals surface area contributed by atoms with E-state index >= 15 is 0 Å². The molecular weight excluding hydrogens is 412 g/mol. The van der Waals surface area contributed by atoms with Crippen LogP contribution in [0.15, 0.2) is 71.8 Å². The van der Waals surface area contributed by atoms with Crippen LogP contribution in [0.5, 0.6) is 11.6 Å². The van der Waals surface area contributed by atoms with E-state index in [1.165, 1.54) is 0 Å². The highest BCUT2D eigenvalue weighted by atomic mass is 32.2. The van der Waals surface area contributed by atoms with Crippen molar-refractivity contribution in [3.8, 4) is 11.6 Å². The zero-order valence-corrected chi connectivity index (χ0v) is 18.3. The molecule has 4 rings (SSSR count). The average Bonchev–Trinajstić information content (AvgIpc) is 2.79. The van der Waals surface area contributed by atoms with E-state index in [1.807, 2.05) is 37.3 Å². The van der Waals surface area contributed by atoms with Crippen LogP contribution in [-0.4, -0.2) is 61.8 Å². The Kier molecular flexibility index (Phi) is 6.48. The monoisotopic (exact) mass is 438 g/mol. The van der Waals surface area contributed by atoms with Crippen LogP contribution >= 0.6 is 0 Å². The van der Waals surface area contributed by atoms with Gasteiger partial charge in [0, 0.05) is 45.0 Å². The Labute approximate surface area is 183 Å². The summed E-state index contributed by atoms with van der Waals surface area (Å²) in [5.74, 6) is 2.00. The first-order valence-electron chi connectivity index (χ1n) is 10.3. The number of ether oxygens (including phenoxy) is 1. The lowest BCUT2D eigenvalue weighted by Crippen LogP contribution is -2.48. The second-order valence-electron chi connectivity index (χ2n) is 7.57. The maximum Gasteiger partial charge on any atom is 0.228 e. The number of hydrogen-bond donors (Lipinski definition) is 0. The van der Waals surface area contributed by atoms with E-state index in [2.05, 4.69) is 19.8 Å². The molecule has 0 saturated carbocycles. The van der Waals surface area contributed by atoms with E-state index in [0.717, 1.165) is 37.5 Å². The summed E-state index contributed by atoms with van der Waals surface area (Å²) in [5, 5.41) is 0. The number of piperazine rings is 1. The summed E-state index contributed by atoms with van der Waals surface area (Å²) in [4.78, 5) is 13.6. The number of rotatable bonds is 7. The fourth-order valence-corrected chi connectivity index (χ4v) is 4.81. The summed E-state index contributed by atoms with van der Waals surface area (Å²) in [6.45, 7) is 5.52. The highest BCUT2D eigenvalue weighted by molar-refractivity contribution is 7.91. The van der Waals surface area contributed by atoms with Gasteiger partial charge in [-0.3, -0.25) is 4.90 Å². The average molecular weight is 439 g/mol. The van der Waals surface area contributed by atoms with Crippen molar-refractivity contribution in [1.82, 2.24) is 14.9 Å². The lowest BCUT2D eigenvalue weighted by atomic mass is 10.2. The molecule has 0 aliphatic carbocycles. The molecule has 0 spiro atoms. The highest BCUT2D eigenvalue weighted by Crippen LogP contribution is 2.22. The summed E-state index contributed by atoms with van der Waals surface area (Å²) >= 11 is 0. The molecule has 2 heterocycles. The minimum atomic E-state index is -3.26. The Hall–Kier alpha value is -2.97. The van der Waals surface area contributed by atoms with Crippen LogP contribution in [0.4, 0.5) is 5.95 Å². The molecule has 8 heteroatoms. The largest absolute Gasteiger partial charge is 0.439 e. The van der Waals surface area contributed by atoms with Crippen LogP contribution in [0.25, 0.3) is 0 Å². The van der Waals surface area contributed by atoms with Crippen molar-refractivity contribution in [2.75, 3.05) is 43.4 Å². The minimum Gasteiger partial charge on any atom is -0.439 e. The molecule has 3 aromatic rings. The Balaban J connectivity index is 1.32. The van der Waals surface area contributed by atoms with Gasteiger partial charge in [0.15, 0.2) is 9.84 Å². The predicted molar refractivity (Wildman–Crippen MR) is 120 cm³/mol. The van der Waals surface area contributed by atoms with Gasteiger partial charge in [0.05, 0.1) is 10.6 Å². The topological polar surface area (TPSA) is 75.6 Å². The third-order valence-electron chi connectivity index (χ3n) is 5.26. The molecule has 0 N–H and O–H groups in total. The molecule has 0 amide bonds. The first kappa shape index (κ1) is 21.3. The Bertz CT molecular complexity index is 1110. The zero-order valence-electron chi connectivity index (χ0n) is 17.5. The third-order valence-corrected chi connectivity index (χ3v) is 6.97. The lowest BCUT2D eigenvalue weighted by Gasteiger charge is -2.34. The van der Waals surface area contributed by atoms with Gasteiger partial charge in [-0.1, -0.05) is 30.3 Å². The Morgan fingerprint density at radius 1 is 0.968 bits per heavy atom. The molecule has 0 bridgehead atoms. The van der Waals surface area contributed by atoms with Gasteiger partial charge >= 0.3 is 0 Å². The lowest BCUT2D eigenvalue weighted by molar-refractivity contribution is 0.270. The van der Waals surface area contributed by atoms with Gasteiger partial charge in [0.25, 0.3) is 0 Å². The number of hydrogen-bond acceptors (Lipinski definition) is 7. The maximum atomic E-state index is 12.5. The van der Waals surface area contributed by atoms with E-state index in [0.29, 0.717) is 23.3 Å². The highest BCUT2D eigenvalue weighted by Gasteiger charge is 2.22. The Morgan fingerprint density at radius 2 is 1.74 bits per heavy atom. The number of anilines is 1. The molecule has 0 unspecified atom stereocenters. The van der Waals surface area contributed by atoms with Crippen molar-refractivity contribution in [3.05, 3.63) is 72.4 Å². The van der Waals surface area contributed by atoms with Gasteiger partial charge in [-0.05, 0) is 36.8 Å². The van der Waals surface area contributed by atoms with Crippen molar-refractivity contribution < 1.29 is 13.2 Å². The second kappa shape index (κ2) is 9.45. The maximum absolute atomic E-state index is 12.5. The molecule has 0 atom stereocenters. The van der Waals surface area contributed by atoms with Gasteiger partial charge in [0.1, 0.15) is 5.75 Å². The molecule has 1 aliphatic heterocycles. The first-order valence-corrected chi connectivity index (χ1v) is 12.0. The standard InChI is InChI=1S/C23H26N4O3S/c1-19-6-5-7-20(18-19)30-22-10-11-24-23(25-22)27-14-12-26(13-15-27)16-17-31(28,29)21-8-3-2-4-9-21/h2-11,18H,12-17H2,1H3. The SMILES string of the molecule is Cc1cccc(Oc2ccnc(N3CCN(CCS(=O)(=O)c4ccccc4)CC3)n2)c1. The Morgan fingerprint density at radius 3 is 2.48 bits per heavy atom. The molecular formula is C23H26N4O3S. The second-order valence-corrected chi connectivity index (χ2v) is 9.68. The van der Waals surface area contributed by atoms with Gasteiger partial charge in [-0.2, -0.15) is 4.98 Å². The molecule has 1 aromatic heterocycles. The summed E-state index contributed by atoms with van der Waals surface area (Å²) in [7, 11) is -3.26. The van der Waals surface area contributed by atoms with Crippen molar-refractivity contribution in [1.29, 1.82) is 0 Å². The third kappa shape index (κ3) is 5.59. The molecule has 31 heavy (non-hydrogen) atoms. The van der Waals surface area contributed by atoms with Crippen molar-refractivity contribution in [2.24, 2.45) is 0 Å². The van der Waals surface area contributed by atoms with Crippen LogP contribution in [0.2, 0.25) is 0 Å². The molecule has 1 saturated heterocycles. The molecule has 7 nitrogen and oxygen atoms in total. The molecule has 0 radical (unpaired) electrons. The normalized spacial score (nSPS) is 15.1. The van der Waals surface area contributed by atoms with Crippen LogP contribution in [0, 0.1) is 6.92 Å². The number of aromatic nitrogens is 2. The predicted octanol–water partition coefficient (Wildman–Crippen LogP) is 3.17. The molecule has 162 valence electrons. The summed E-state index contributed by atoms with van der Waals surface area (Å²) in [6.07, 6.45) is 1.70. The minimum absolute atomic E-state index is 0.118. The number of aryl methyl sites for hydroxylation is 1. The van der Waals surface area contributed by atoms with Crippen molar-refractivity contribution in [3.63, 3.8) is 0 Å². The summed E-state index contributed by atoms with van der Waals surface area (Å²) < 4.78 is 30.9. The van der Waals surface area contributed by atoms with Gasteiger partial charge in [0.2, 0.25) is 11.8 Å². The summed E-state index contributed by atoms with van der Waals surface area (Å²) in [6, 6.07) is 18.2. The van der Waals surface area contributed by atoms with Crippen LogP contribution in [-0.2, 0) is 9.84 Å². The van der Waals surface area contributed by atoms with E-state index in [-0.39, 0.29) is 5.75 Å². The van der Waals surface area contributed by atoms with Crippen LogP contribution < -0.4 is 9.64 Å². The fourth-order valence-electron chi connectivity index (χ4n) is 3.51. The number of benzene rings is 2. The molecule has 1 fully saturated rings. The van der Waals surface area contributed by atoms with Crippen molar-refractivity contribution >= 4 is 15.8 Å². The van der Waals surface area contributed by atoms with Crippen LogP contribution in [0.1, 0.15) is 5.56 Å². The van der Waals surface area contributed by atoms with E-state index in [9.17, 15) is 8.42 Å². The fraction of sp³-hybridized carbons (Fsp3) is 0.304. The smallest absolute Gasteiger partial charge is 0.228 e. The van der Waals surface area contributed by atoms with Gasteiger partial charge < -0.3 is 9.64 Å². The van der Waals surface area contributed by atoms with E-state index in [1.54, 1.807) is 36.5 Å². The zero-order chi connectivity index (χ0) is 21.7. The quantitative estimate of drug-likeness (QED) is 0.561. The molecule has 2 aromatic carbocycles. The first-order chi connectivity index (χ1) is 15.0.